The molecule has 0 saturated heterocycles. The van der Waals surface area contributed by atoms with Crippen LogP contribution in [0.3, 0.4) is 0 Å². The highest BCUT2D eigenvalue weighted by molar-refractivity contribution is 6.31. The molecule has 0 unspecified atom stereocenters. The molecule has 4 aromatic rings. The molecule has 2 heterocycles. The van der Waals surface area contributed by atoms with Crippen molar-refractivity contribution < 1.29 is 4.79 Å². The number of aromatic nitrogens is 2. The summed E-state index contributed by atoms with van der Waals surface area (Å²) < 4.78 is 0. The standard InChI is InChI=1S/C23H24ClN3O/c24-18-9-10-22-20(13-18)17(15-27-22)11-12-25-23(28)8-4-1-5-16-14-26-21-7-3-2-6-19(16)21/h2-3,6-7,9-10,13-15,26-27H,1,4-5,8,11-12H2,(H,25,28). The van der Waals surface area contributed by atoms with Crippen LogP contribution >= 0.6 is 11.6 Å². The zero-order valence-electron chi connectivity index (χ0n) is 15.7. The number of rotatable bonds is 8. The Morgan fingerprint density at radius 1 is 0.893 bits per heavy atom. The highest BCUT2D eigenvalue weighted by atomic mass is 35.5. The van der Waals surface area contributed by atoms with Gasteiger partial charge in [-0.15, -0.1) is 0 Å². The second-order valence-corrected chi connectivity index (χ2v) is 7.61. The van der Waals surface area contributed by atoms with Gasteiger partial charge in [-0.2, -0.15) is 0 Å². The number of carbonyl (C=O) groups is 1. The van der Waals surface area contributed by atoms with Crippen molar-refractivity contribution in [1.29, 1.82) is 0 Å². The first-order valence-corrected chi connectivity index (χ1v) is 10.2. The Morgan fingerprint density at radius 2 is 1.64 bits per heavy atom. The summed E-state index contributed by atoms with van der Waals surface area (Å²) in [5, 5.41) is 6.17. The normalized spacial score (nSPS) is 11.3. The van der Waals surface area contributed by atoms with Gasteiger partial charge in [0.25, 0.3) is 0 Å². The highest BCUT2D eigenvalue weighted by Crippen LogP contribution is 2.22. The largest absolute Gasteiger partial charge is 0.361 e. The fourth-order valence-corrected chi connectivity index (χ4v) is 3.89. The molecule has 3 N–H and O–H groups in total. The number of fused-ring (bicyclic) bond motifs is 2. The van der Waals surface area contributed by atoms with Gasteiger partial charge in [-0.3, -0.25) is 4.79 Å². The minimum absolute atomic E-state index is 0.122. The number of unbranched alkanes of at least 4 members (excludes halogenated alkanes) is 1. The minimum atomic E-state index is 0.122. The summed E-state index contributed by atoms with van der Waals surface area (Å²) in [6, 6.07) is 14.2. The molecule has 28 heavy (non-hydrogen) atoms. The van der Waals surface area contributed by atoms with E-state index in [0.29, 0.717) is 13.0 Å². The first kappa shape index (κ1) is 18.6. The van der Waals surface area contributed by atoms with Crippen molar-refractivity contribution in [1.82, 2.24) is 15.3 Å². The molecule has 4 nitrogen and oxygen atoms in total. The van der Waals surface area contributed by atoms with Crippen LogP contribution in [0, 0.1) is 0 Å². The zero-order valence-corrected chi connectivity index (χ0v) is 16.5. The molecule has 5 heteroatoms. The van der Waals surface area contributed by atoms with Crippen molar-refractivity contribution in [3.05, 3.63) is 71.0 Å². The van der Waals surface area contributed by atoms with Crippen LogP contribution in [0.1, 0.15) is 30.4 Å². The number of carbonyl (C=O) groups excluding carboxylic acids is 1. The van der Waals surface area contributed by atoms with Crippen LogP contribution in [0.15, 0.2) is 54.9 Å². The summed E-state index contributed by atoms with van der Waals surface area (Å²) in [5.74, 6) is 0.122. The number of benzene rings is 2. The Balaban J connectivity index is 1.19. The lowest BCUT2D eigenvalue weighted by atomic mass is 10.1. The molecule has 0 bridgehead atoms. The van der Waals surface area contributed by atoms with Gasteiger partial charge in [0.1, 0.15) is 0 Å². The summed E-state index contributed by atoms with van der Waals surface area (Å²) in [6.07, 6.45) is 8.34. The SMILES string of the molecule is O=C(CCCCc1c[nH]c2ccccc12)NCCc1c[nH]c2ccc(Cl)cc12. The van der Waals surface area contributed by atoms with Crippen LogP contribution in [0.5, 0.6) is 0 Å². The van der Waals surface area contributed by atoms with Gasteiger partial charge in [0, 0.05) is 52.2 Å². The van der Waals surface area contributed by atoms with Gasteiger partial charge >= 0.3 is 0 Å². The monoisotopic (exact) mass is 393 g/mol. The lowest BCUT2D eigenvalue weighted by Gasteiger charge is -2.05. The van der Waals surface area contributed by atoms with Gasteiger partial charge < -0.3 is 15.3 Å². The van der Waals surface area contributed by atoms with E-state index in [1.807, 2.05) is 30.5 Å². The maximum absolute atomic E-state index is 12.1. The molecule has 0 saturated carbocycles. The Hall–Kier alpha value is -2.72. The number of nitrogens with one attached hydrogen (secondary N) is 3. The minimum Gasteiger partial charge on any atom is -0.361 e. The first-order chi connectivity index (χ1) is 13.7. The number of aryl methyl sites for hydroxylation is 1. The average Bonchev–Trinajstić information content (AvgIpc) is 3.29. The third-order valence-electron chi connectivity index (χ3n) is 5.22. The zero-order chi connectivity index (χ0) is 19.3. The van der Waals surface area contributed by atoms with E-state index in [-0.39, 0.29) is 5.91 Å². The molecule has 144 valence electrons. The van der Waals surface area contributed by atoms with Crippen molar-refractivity contribution in [3.8, 4) is 0 Å². The van der Waals surface area contributed by atoms with E-state index in [1.54, 1.807) is 0 Å². The fourth-order valence-electron chi connectivity index (χ4n) is 3.72. The van der Waals surface area contributed by atoms with Gasteiger partial charge in [-0.25, -0.2) is 0 Å². The Morgan fingerprint density at radius 3 is 2.50 bits per heavy atom. The summed E-state index contributed by atoms with van der Waals surface area (Å²) in [5.41, 5.74) is 4.75. The summed E-state index contributed by atoms with van der Waals surface area (Å²) in [4.78, 5) is 18.7. The van der Waals surface area contributed by atoms with Gasteiger partial charge in [0.15, 0.2) is 0 Å². The van der Waals surface area contributed by atoms with Crippen molar-refractivity contribution in [2.24, 2.45) is 0 Å². The van der Waals surface area contributed by atoms with E-state index in [2.05, 4.69) is 39.7 Å². The summed E-state index contributed by atoms with van der Waals surface area (Å²) in [7, 11) is 0. The van der Waals surface area contributed by atoms with Crippen LogP contribution in [0.4, 0.5) is 0 Å². The fraction of sp³-hybridized carbons (Fsp3) is 0.261. The average molecular weight is 394 g/mol. The van der Waals surface area contributed by atoms with Crippen molar-refractivity contribution in [2.45, 2.75) is 32.1 Å². The molecular weight excluding hydrogens is 370 g/mol. The first-order valence-electron chi connectivity index (χ1n) is 9.78. The van der Waals surface area contributed by atoms with Crippen LogP contribution in [-0.4, -0.2) is 22.4 Å². The number of para-hydroxylation sites is 1. The molecule has 2 aromatic heterocycles. The van der Waals surface area contributed by atoms with Crippen LogP contribution in [0.2, 0.25) is 5.02 Å². The summed E-state index contributed by atoms with van der Waals surface area (Å²) in [6.45, 7) is 0.640. The lowest BCUT2D eigenvalue weighted by molar-refractivity contribution is -0.121. The van der Waals surface area contributed by atoms with E-state index in [9.17, 15) is 4.79 Å². The number of amides is 1. The maximum Gasteiger partial charge on any atom is 0.220 e. The molecule has 0 aliphatic carbocycles. The molecule has 0 radical (unpaired) electrons. The topological polar surface area (TPSA) is 60.7 Å². The van der Waals surface area contributed by atoms with Gasteiger partial charge in [0.2, 0.25) is 5.91 Å². The molecule has 1 amide bonds. The second kappa shape index (κ2) is 8.53. The van der Waals surface area contributed by atoms with Crippen LogP contribution < -0.4 is 5.32 Å². The predicted molar refractivity (Wildman–Crippen MR) is 116 cm³/mol. The number of hydrogen-bond acceptors (Lipinski definition) is 1. The van der Waals surface area contributed by atoms with E-state index >= 15 is 0 Å². The highest BCUT2D eigenvalue weighted by Gasteiger charge is 2.07. The predicted octanol–water partition coefficient (Wildman–Crippen LogP) is 5.37. The molecule has 0 aliphatic rings. The molecule has 4 rings (SSSR count). The smallest absolute Gasteiger partial charge is 0.220 e. The molecule has 0 spiro atoms. The van der Waals surface area contributed by atoms with E-state index < -0.39 is 0 Å². The van der Waals surface area contributed by atoms with Gasteiger partial charge in [-0.1, -0.05) is 29.8 Å². The maximum atomic E-state index is 12.1. The Bertz CT molecular complexity index is 1100. The van der Waals surface area contributed by atoms with Crippen molar-refractivity contribution in [2.75, 3.05) is 6.54 Å². The van der Waals surface area contributed by atoms with Crippen LogP contribution in [-0.2, 0) is 17.6 Å². The molecular formula is C23H24ClN3O. The van der Waals surface area contributed by atoms with E-state index in [0.717, 1.165) is 41.6 Å². The van der Waals surface area contributed by atoms with Gasteiger partial charge in [0.05, 0.1) is 0 Å². The lowest BCUT2D eigenvalue weighted by Crippen LogP contribution is -2.25. The number of H-pyrrole nitrogens is 2. The van der Waals surface area contributed by atoms with Crippen LogP contribution in [0.25, 0.3) is 21.8 Å². The van der Waals surface area contributed by atoms with E-state index in [4.69, 9.17) is 11.6 Å². The quantitative estimate of drug-likeness (QED) is 0.346. The third-order valence-corrected chi connectivity index (χ3v) is 5.46. The third kappa shape index (κ3) is 4.23. The molecule has 0 atom stereocenters. The molecule has 0 aliphatic heterocycles. The Labute approximate surface area is 169 Å². The summed E-state index contributed by atoms with van der Waals surface area (Å²) >= 11 is 6.09. The molecule has 2 aromatic carbocycles. The van der Waals surface area contributed by atoms with Crippen molar-refractivity contribution in [3.63, 3.8) is 0 Å². The second-order valence-electron chi connectivity index (χ2n) is 7.17. The number of aromatic amines is 2. The van der Waals surface area contributed by atoms with Gasteiger partial charge in [-0.05, 0) is 61.1 Å². The number of halogens is 1. The molecule has 0 fully saturated rings. The van der Waals surface area contributed by atoms with E-state index in [1.165, 1.54) is 22.0 Å². The van der Waals surface area contributed by atoms with Crippen molar-refractivity contribution >= 4 is 39.3 Å². The Kier molecular flexibility index (Phi) is 5.68. The number of hydrogen-bond donors (Lipinski definition) is 3.